The van der Waals surface area contributed by atoms with Crippen LogP contribution in [0, 0.1) is 19.8 Å². The molecule has 1 amide bonds. The number of hydrogen-bond donors (Lipinski definition) is 0. The number of nitrogens with zero attached hydrogens (tertiary/aromatic N) is 6. The highest BCUT2D eigenvalue weighted by Gasteiger charge is 2.22. The number of fused-ring (bicyclic) bond motifs is 1. The Balaban J connectivity index is 2.24. The Kier molecular flexibility index (Phi) is 6.47. The van der Waals surface area contributed by atoms with Crippen molar-refractivity contribution in [3.8, 4) is 0 Å². The van der Waals surface area contributed by atoms with Gasteiger partial charge in [0, 0.05) is 31.0 Å². The third kappa shape index (κ3) is 4.75. The summed E-state index contributed by atoms with van der Waals surface area (Å²) in [6, 6.07) is 1.93. The van der Waals surface area contributed by atoms with Crippen LogP contribution < -0.4 is 0 Å². The fourth-order valence-electron chi connectivity index (χ4n) is 2.92. The molecule has 0 saturated heterocycles. The maximum atomic E-state index is 13.0. The molecule has 0 aliphatic rings. The highest BCUT2D eigenvalue weighted by molar-refractivity contribution is 5.90. The zero-order valence-corrected chi connectivity index (χ0v) is 16.3. The molecule has 2 heterocycles. The van der Waals surface area contributed by atoms with Crippen molar-refractivity contribution in [3.63, 3.8) is 0 Å². The van der Waals surface area contributed by atoms with Crippen LogP contribution in [0.2, 0.25) is 0 Å². The summed E-state index contributed by atoms with van der Waals surface area (Å²) in [5.41, 5.74) is 1.80. The molecule has 0 aliphatic carbocycles. The van der Waals surface area contributed by atoms with Gasteiger partial charge in [-0.05, 0) is 38.9 Å². The highest BCUT2D eigenvalue weighted by atomic mass is 16.2. The molecular weight excluding hydrogens is 316 g/mol. The Morgan fingerprint density at radius 2 is 1.84 bits per heavy atom. The molecule has 0 atom stereocenters. The van der Waals surface area contributed by atoms with Crippen LogP contribution >= 0.6 is 0 Å². The molecule has 0 N–H and O–H groups in total. The summed E-state index contributed by atoms with van der Waals surface area (Å²) in [5, 5.41) is 4.39. The Morgan fingerprint density at radius 1 is 1.16 bits per heavy atom. The van der Waals surface area contributed by atoms with Crippen molar-refractivity contribution in [3.05, 3.63) is 23.3 Å². The van der Waals surface area contributed by atoms with Gasteiger partial charge in [0.15, 0.2) is 0 Å². The molecule has 0 spiro atoms. The number of rotatable bonds is 8. The lowest BCUT2D eigenvalue weighted by Crippen LogP contribution is -2.41. The maximum absolute atomic E-state index is 13.0. The second kappa shape index (κ2) is 8.38. The predicted molar refractivity (Wildman–Crippen MR) is 98.8 cm³/mol. The fraction of sp³-hybridized carbons (Fsp3) is 0.667. The Bertz CT molecular complexity index is 720. The van der Waals surface area contributed by atoms with Gasteiger partial charge in [-0.3, -0.25) is 4.79 Å². The summed E-state index contributed by atoms with van der Waals surface area (Å²) in [7, 11) is 0. The standard InChI is InChI=1S/C18H30N6O/c1-7-22(8-2)9-10-23(12-13(3)4)17(25)16-20-18-19-14(5)11-15(6)24(18)21-16/h11,13H,7-10,12H2,1-6H3. The van der Waals surface area contributed by atoms with Gasteiger partial charge in [0.1, 0.15) is 0 Å². The number of likely N-dealkylation sites (N-methyl/N-ethyl adjacent to an activating group) is 1. The third-order valence-corrected chi connectivity index (χ3v) is 4.26. The smallest absolute Gasteiger partial charge is 0.293 e. The van der Waals surface area contributed by atoms with Crippen molar-refractivity contribution in [2.75, 3.05) is 32.7 Å². The van der Waals surface area contributed by atoms with E-state index in [1.165, 1.54) is 0 Å². The van der Waals surface area contributed by atoms with E-state index < -0.39 is 0 Å². The largest absolute Gasteiger partial charge is 0.334 e. The van der Waals surface area contributed by atoms with Crippen LogP contribution in [0.15, 0.2) is 6.07 Å². The van der Waals surface area contributed by atoms with Crippen molar-refractivity contribution in [1.29, 1.82) is 0 Å². The van der Waals surface area contributed by atoms with Gasteiger partial charge in [0.2, 0.25) is 5.82 Å². The van der Waals surface area contributed by atoms with Gasteiger partial charge in [-0.25, -0.2) is 9.50 Å². The van der Waals surface area contributed by atoms with Gasteiger partial charge in [-0.1, -0.05) is 27.7 Å². The van der Waals surface area contributed by atoms with Crippen molar-refractivity contribution in [2.45, 2.75) is 41.5 Å². The summed E-state index contributed by atoms with van der Waals surface area (Å²) in [6.07, 6.45) is 0. The molecular formula is C18H30N6O. The molecule has 2 rings (SSSR count). The number of aromatic nitrogens is 4. The minimum Gasteiger partial charge on any atom is -0.334 e. The van der Waals surface area contributed by atoms with Gasteiger partial charge < -0.3 is 9.80 Å². The Hall–Kier alpha value is -2.02. The fourth-order valence-corrected chi connectivity index (χ4v) is 2.92. The molecule has 0 unspecified atom stereocenters. The Morgan fingerprint density at radius 3 is 2.44 bits per heavy atom. The summed E-state index contributed by atoms with van der Waals surface area (Å²) < 4.78 is 1.64. The second-order valence-electron chi connectivity index (χ2n) is 6.86. The number of amides is 1. The minimum absolute atomic E-state index is 0.122. The van der Waals surface area contributed by atoms with Crippen molar-refractivity contribution < 1.29 is 4.79 Å². The quantitative estimate of drug-likeness (QED) is 0.733. The van der Waals surface area contributed by atoms with Crippen LogP contribution in [0.3, 0.4) is 0 Å². The van der Waals surface area contributed by atoms with E-state index in [9.17, 15) is 4.79 Å². The molecule has 0 aromatic carbocycles. The van der Waals surface area contributed by atoms with Crippen LogP contribution in [-0.2, 0) is 0 Å². The average Bonchev–Trinajstić information content (AvgIpc) is 2.97. The van der Waals surface area contributed by atoms with Crippen molar-refractivity contribution in [2.24, 2.45) is 5.92 Å². The van der Waals surface area contributed by atoms with Crippen LogP contribution in [-0.4, -0.2) is 68.0 Å². The van der Waals surface area contributed by atoms with E-state index in [0.717, 1.165) is 31.0 Å². The van der Waals surface area contributed by atoms with Gasteiger partial charge in [-0.2, -0.15) is 4.98 Å². The van der Waals surface area contributed by atoms with E-state index in [1.54, 1.807) is 4.52 Å². The summed E-state index contributed by atoms with van der Waals surface area (Å²) in [6.45, 7) is 16.6. The molecule has 2 aromatic heterocycles. The lowest BCUT2D eigenvalue weighted by molar-refractivity contribution is 0.0704. The topological polar surface area (TPSA) is 66.6 Å². The first-order chi connectivity index (χ1) is 11.8. The first-order valence-electron chi connectivity index (χ1n) is 9.08. The normalized spacial score (nSPS) is 11.7. The van der Waals surface area contributed by atoms with E-state index in [0.29, 0.717) is 24.8 Å². The number of carbonyl (C=O) groups is 1. The number of carbonyl (C=O) groups excluding carboxylic acids is 1. The first kappa shape index (κ1) is 19.3. The monoisotopic (exact) mass is 346 g/mol. The van der Waals surface area contributed by atoms with Gasteiger partial charge in [0.05, 0.1) is 0 Å². The molecule has 0 radical (unpaired) electrons. The van der Waals surface area contributed by atoms with E-state index in [1.807, 2.05) is 24.8 Å². The predicted octanol–water partition coefficient (Wildman–Crippen LogP) is 2.18. The molecule has 0 saturated carbocycles. The Labute approximate surface area is 150 Å². The van der Waals surface area contributed by atoms with E-state index >= 15 is 0 Å². The molecule has 7 heteroatoms. The summed E-state index contributed by atoms with van der Waals surface area (Å²) in [5.74, 6) is 0.971. The van der Waals surface area contributed by atoms with Crippen LogP contribution in [0.25, 0.3) is 5.78 Å². The molecule has 2 aromatic rings. The highest BCUT2D eigenvalue weighted by Crippen LogP contribution is 2.09. The maximum Gasteiger partial charge on any atom is 0.293 e. The lowest BCUT2D eigenvalue weighted by Gasteiger charge is -2.27. The lowest BCUT2D eigenvalue weighted by atomic mass is 10.2. The van der Waals surface area contributed by atoms with Crippen molar-refractivity contribution >= 4 is 11.7 Å². The van der Waals surface area contributed by atoms with Gasteiger partial charge in [-0.15, -0.1) is 5.10 Å². The molecule has 0 aliphatic heterocycles. The van der Waals surface area contributed by atoms with Gasteiger partial charge in [0.25, 0.3) is 11.7 Å². The van der Waals surface area contributed by atoms with E-state index in [2.05, 4.69) is 47.7 Å². The zero-order valence-electron chi connectivity index (χ0n) is 16.3. The summed E-state index contributed by atoms with van der Waals surface area (Å²) in [4.78, 5) is 25.9. The van der Waals surface area contributed by atoms with Gasteiger partial charge >= 0.3 is 0 Å². The van der Waals surface area contributed by atoms with Crippen LogP contribution in [0.4, 0.5) is 0 Å². The molecule has 7 nitrogen and oxygen atoms in total. The van der Waals surface area contributed by atoms with Crippen LogP contribution in [0.1, 0.15) is 49.7 Å². The molecule has 25 heavy (non-hydrogen) atoms. The average molecular weight is 346 g/mol. The molecule has 0 bridgehead atoms. The van der Waals surface area contributed by atoms with Crippen molar-refractivity contribution in [1.82, 2.24) is 29.4 Å². The zero-order chi connectivity index (χ0) is 18.6. The molecule has 138 valence electrons. The van der Waals surface area contributed by atoms with E-state index in [4.69, 9.17) is 0 Å². The number of hydrogen-bond acceptors (Lipinski definition) is 5. The summed E-state index contributed by atoms with van der Waals surface area (Å²) >= 11 is 0. The van der Waals surface area contributed by atoms with Crippen LogP contribution in [0.5, 0.6) is 0 Å². The minimum atomic E-state index is -0.122. The third-order valence-electron chi connectivity index (χ3n) is 4.26. The second-order valence-corrected chi connectivity index (χ2v) is 6.86. The SMILES string of the molecule is CCN(CC)CCN(CC(C)C)C(=O)c1nc2nc(C)cc(C)n2n1. The first-order valence-corrected chi connectivity index (χ1v) is 9.08. The molecule has 0 fully saturated rings. The van der Waals surface area contributed by atoms with E-state index in [-0.39, 0.29) is 11.7 Å². The number of aryl methyl sites for hydroxylation is 2.